The van der Waals surface area contributed by atoms with Crippen LogP contribution in [0.3, 0.4) is 0 Å². The Morgan fingerprint density at radius 2 is 1.92 bits per heavy atom. The van der Waals surface area contributed by atoms with Crippen LogP contribution in [0.4, 0.5) is 0 Å². The second-order valence-corrected chi connectivity index (χ2v) is 3.72. The molecular weight excluding hydrogens is 176 g/mol. The van der Waals surface area contributed by atoms with E-state index in [1.54, 1.807) is 6.20 Å². The third kappa shape index (κ3) is 2.08. The first-order valence-corrected chi connectivity index (χ1v) is 3.96. The molecule has 12 heavy (non-hydrogen) atoms. The normalized spacial score (nSPS) is 11.3. The van der Waals surface area contributed by atoms with Gasteiger partial charge in [-0.25, -0.2) is 4.98 Å². The number of halogens is 1. The fourth-order valence-electron chi connectivity index (χ4n) is 0.743. The molecule has 0 saturated carbocycles. The summed E-state index contributed by atoms with van der Waals surface area (Å²) in [6.07, 6.45) is 3.17. The van der Waals surface area contributed by atoms with Crippen molar-refractivity contribution in [3.63, 3.8) is 0 Å². The zero-order valence-corrected chi connectivity index (χ0v) is 8.09. The average Bonchev–Trinajstić information content (AvgIpc) is 2.03. The Balaban J connectivity index is 2.93. The van der Waals surface area contributed by atoms with E-state index in [-0.39, 0.29) is 5.41 Å². The first-order chi connectivity index (χ1) is 5.54. The summed E-state index contributed by atoms with van der Waals surface area (Å²) in [6.45, 7) is 6.20. The van der Waals surface area contributed by atoms with Gasteiger partial charge in [0.1, 0.15) is 11.9 Å². The Labute approximate surface area is 76.9 Å². The van der Waals surface area contributed by atoms with Crippen LogP contribution in [0.5, 0.6) is 5.88 Å². The molecule has 1 rings (SSSR count). The quantitative estimate of drug-likeness (QED) is 0.675. The van der Waals surface area contributed by atoms with Crippen LogP contribution < -0.4 is 4.29 Å². The molecule has 0 atom stereocenters. The molecule has 1 aromatic heterocycles. The maximum Gasteiger partial charge on any atom is 0.255 e. The number of nitrogens with zero attached hydrogens (tertiary/aromatic N) is 2. The van der Waals surface area contributed by atoms with Crippen LogP contribution in [0.2, 0.25) is 0 Å². The number of hydrogen-bond acceptors (Lipinski definition) is 3. The monoisotopic (exact) mass is 186 g/mol. The summed E-state index contributed by atoms with van der Waals surface area (Å²) in [5.74, 6) is 0.324. The zero-order valence-electron chi connectivity index (χ0n) is 7.34. The Morgan fingerprint density at radius 1 is 1.25 bits per heavy atom. The van der Waals surface area contributed by atoms with Gasteiger partial charge in [0.2, 0.25) is 0 Å². The molecule has 0 saturated heterocycles. The molecule has 1 heterocycles. The maximum atomic E-state index is 5.09. The van der Waals surface area contributed by atoms with E-state index in [4.69, 9.17) is 11.9 Å². The second kappa shape index (κ2) is 3.27. The molecule has 0 aromatic carbocycles. The third-order valence-corrected chi connectivity index (χ3v) is 1.63. The molecule has 0 fully saturated rings. The lowest BCUT2D eigenvalue weighted by Gasteiger charge is -2.16. The summed E-state index contributed by atoms with van der Waals surface area (Å²) in [4.78, 5) is 8.10. The average molecular weight is 187 g/mol. The fraction of sp³-hybridized carbons (Fsp3) is 0.500. The van der Waals surface area contributed by atoms with Crippen LogP contribution in [0, 0.1) is 0 Å². The van der Waals surface area contributed by atoms with E-state index in [9.17, 15) is 0 Å². The lowest BCUT2D eigenvalue weighted by atomic mass is 9.93. The van der Waals surface area contributed by atoms with Gasteiger partial charge in [0.25, 0.3) is 5.88 Å². The summed E-state index contributed by atoms with van der Waals surface area (Å²) in [5.41, 5.74) is 0.928. The Kier molecular flexibility index (Phi) is 2.52. The number of rotatable bonds is 1. The zero-order chi connectivity index (χ0) is 9.19. The van der Waals surface area contributed by atoms with Crippen LogP contribution >= 0.6 is 11.9 Å². The van der Waals surface area contributed by atoms with Gasteiger partial charge >= 0.3 is 0 Å². The van der Waals surface area contributed by atoms with Crippen molar-refractivity contribution in [3.8, 4) is 5.88 Å². The van der Waals surface area contributed by atoms with E-state index in [1.807, 2.05) is 0 Å². The van der Waals surface area contributed by atoms with E-state index < -0.39 is 0 Å². The van der Waals surface area contributed by atoms with Gasteiger partial charge in [0.05, 0.1) is 18.1 Å². The van der Waals surface area contributed by atoms with Crippen molar-refractivity contribution >= 4 is 11.9 Å². The summed E-state index contributed by atoms with van der Waals surface area (Å²) < 4.78 is 4.38. The van der Waals surface area contributed by atoms with Gasteiger partial charge in [-0.2, -0.15) is 0 Å². The van der Waals surface area contributed by atoms with Crippen molar-refractivity contribution in [2.45, 2.75) is 26.2 Å². The molecule has 3 nitrogen and oxygen atoms in total. The van der Waals surface area contributed by atoms with Crippen LogP contribution in [0.15, 0.2) is 12.4 Å². The minimum absolute atomic E-state index is 0.0117. The molecule has 0 amide bonds. The number of aromatic nitrogens is 2. The predicted molar refractivity (Wildman–Crippen MR) is 47.2 cm³/mol. The summed E-state index contributed by atoms with van der Waals surface area (Å²) in [5, 5.41) is 0. The van der Waals surface area contributed by atoms with E-state index in [0.717, 1.165) is 5.69 Å². The fourth-order valence-corrected chi connectivity index (χ4v) is 0.823. The summed E-state index contributed by atoms with van der Waals surface area (Å²) >= 11 is 5.09. The highest BCUT2D eigenvalue weighted by Gasteiger charge is 2.15. The van der Waals surface area contributed by atoms with Gasteiger partial charge < -0.3 is 4.29 Å². The van der Waals surface area contributed by atoms with E-state index in [0.29, 0.717) is 5.88 Å². The first-order valence-electron chi connectivity index (χ1n) is 3.65. The molecule has 0 N–H and O–H groups in total. The maximum absolute atomic E-state index is 5.09. The summed E-state index contributed by atoms with van der Waals surface area (Å²) in [6, 6.07) is 0. The molecule has 0 bridgehead atoms. The minimum atomic E-state index is 0.0117. The van der Waals surface area contributed by atoms with E-state index in [1.165, 1.54) is 6.20 Å². The third-order valence-electron chi connectivity index (χ3n) is 1.48. The topological polar surface area (TPSA) is 35.0 Å². The highest BCUT2D eigenvalue weighted by Crippen LogP contribution is 2.19. The molecule has 0 aliphatic carbocycles. The van der Waals surface area contributed by atoms with Crippen molar-refractivity contribution in [3.05, 3.63) is 18.1 Å². The van der Waals surface area contributed by atoms with Gasteiger partial charge in [-0.1, -0.05) is 20.8 Å². The van der Waals surface area contributed by atoms with Crippen LogP contribution in [-0.2, 0) is 5.41 Å². The standard InChI is InChI=1S/C8H11ClN2O/c1-8(2,3)6-4-11-7(12-9)5-10-6/h4-5H,1-3H3. The largest absolute Gasteiger partial charge is 0.363 e. The Hall–Kier alpha value is -0.830. The first kappa shape index (κ1) is 9.26. The molecule has 66 valence electrons. The van der Waals surface area contributed by atoms with Crippen LogP contribution in [-0.4, -0.2) is 9.97 Å². The van der Waals surface area contributed by atoms with Crippen LogP contribution in [0.1, 0.15) is 26.5 Å². The van der Waals surface area contributed by atoms with Crippen molar-refractivity contribution in [2.24, 2.45) is 0 Å². The van der Waals surface area contributed by atoms with Gasteiger partial charge in [-0.3, -0.25) is 4.98 Å². The molecule has 0 aliphatic heterocycles. The van der Waals surface area contributed by atoms with Gasteiger partial charge in [0.15, 0.2) is 0 Å². The molecule has 0 spiro atoms. The van der Waals surface area contributed by atoms with Crippen LogP contribution in [0.25, 0.3) is 0 Å². The highest BCUT2D eigenvalue weighted by atomic mass is 35.5. The van der Waals surface area contributed by atoms with E-state index >= 15 is 0 Å². The van der Waals surface area contributed by atoms with Gasteiger partial charge in [-0.15, -0.1) is 0 Å². The molecule has 4 heteroatoms. The molecule has 0 unspecified atom stereocenters. The van der Waals surface area contributed by atoms with Gasteiger partial charge in [-0.05, 0) is 0 Å². The van der Waals surface area contributed by atoms with Crippen molar-refractivity contribution in [1.29, 1.82) is 0 Å². The smallest absolute Gasteiger partial charge is 0.255 e. The van der Waals surface area contributed by atoms with Crippen molar-refractivity contribution < 1.29 is 4.29 Å². The number of hydrogen-bond donors (Lipinski definition) is 0. The van der Waals surface area contributed by atoms with Crippen molar-refractivity contribution in [1.82, 2.24) is 9.97 Å². The summed E-state index contributed by atoms with van der Waals surface area (Å²) in [7, 11) is 0. The molecular formula is C8H11ClN2O. The molecule has 1 aromatic rings. The van der Waals surface area contributed by atoms with E-state index in [2.05, 4.69) is 35.0 Å². The Bertz CT molecular complexity index is 253. The van der Waals surface area contributed by atoms with Gasteiger partial charge in [0, 0.05) is 5.41 Å². The highest BCUT2D eigenvalue weighted by molar-refractivity contribution is 6.08. The lowest BCUT2D eigenvalue weighted by molar-refractivity contribution is 0.545. The molecule has 0 aliphatic rings. The van der Waals surface area contributed by atoms with Crippen molar-refractivity contribution in [2.75, 3.05) is 0 Å². The molecule has 0 radical (unpaired) electrons. The Morgan fingerprint density at radius 3 is 2.25 bits per heavy atom. The second-order valence-electron chi connectivity index (χ2n) is 3.57. The predicted octanol–water partition coefficient (Wildman–Crippen LogP) is 2.31. The minimum Gasteiger partial charge on any atom is -0.363 e. The SMILES string of the molecule is CC(C)(C)c1cnc(OCl)cn1. The lowest BCUT2D eigenvalue weighted by Crippen LogP contribution is -2.13.